The largest absolute Gasteiger partial charge is 0.307 e. The lowest BCUT2D eigenvalue weighted by Crippen LogP contribution is -2.15. The molecule has 0 radical (unpaired) electrons. The summed E-state index contributed by atoms with van der Waals surface area (Å²) in [7, 11) is 0. The average molecular weight is 346 g/mol. The fraction of sp³-hybridized carbons (Fsp3) is 0.222. The molecule has 0 saturated heterocycles. The van der Waals surface area contributed by atoms with Crippen LogP contribution in [0.3, 0.4) is 0 Å². The van der Waals surface area contributed by atoms with Crippen molar-refractivity contribution in [1.29, 1.82) is 0 Å². The Balaban J connectivity index is 1.45. The Bertz CT molecular complexity index is 1190. The Hall–Kier alpha value is -3.42. The van der Waals surface area contributed by atoms with Gasteiger partial charge in [-0.25, -0.2) is 15.0 Å². The van der Waals surface area contributed by atoms with Crippen LogP contribution >= 0.6 is 0 Å². The number of aromatic amines is 1. The van der Waals surface area contributed by atoms with Crippen LogP contribution in [-0.4, -0.2) is 38.9 Å². The highest BCUT2D eigenvalue weighted by atomic mass is 15.4. The number of nitrogens with one attached hydrogen (secondary N) is 1. The lowest BCUT2D eigenvalue weighted by atomic mass is 10.2. The van der Waals surface area contributed by atoms with Gasteiger partial charge >= 0.3 is 0 Å². The quantitative estimate of drug-likeness (QED) is 0.530. The maximum absolute atomic E-state index is 4.76. The summed E-state index contributed by atoms with van der Waals surface area (Å²) >= 11 is 0. The van der Waals surface area contributed by atoms with Gasteiger partial charge in [0.15, 0.2) is 11.3 Å². The Morgan fingerprint density at radius 2 is 2.08 bits per heavy atom. The van der Waals surface area contributed by atoms with Crippen LogP contribution in [0.15, 0.2) is 49.3 Å². The molecule has 0 amide bonds. The Morgan fingerprint density at radius 3 is 3.00 bits per heavy atom. The smallest absolute Gasteiger partial charge is 0.193 e. The van der Waals surface area contributed by atoms with Crippen LogP contribution < -0.4 is 0 Å². The highest BCUT2D eigenvalue weighted by Crippen LogP contribution is 2.20. The molecule has 8 nitrogen and oxygen atoms in total. The van der Waals surface area contributed by atoms with Crippen LogP contribution in [0.4, 0.5) is 0 Å². The summed E-state index contributed by atoms with van der Waals surface area (Å²) in [4.78, 5) is 13.5. The van der Waals surface area contributed by atoms with Crippen molar-refractivity contribution in [3.8, 4) is 11.3 Å². The van der Waals surface area contributed by atoms with Crippen molar-refractivity contribution < 1.29 is 0 Å². The molecule has 130 valence electrons. The van der Waals surface area contributed by atoms with Crippen molar-refractivity contribution in [1.82, 2.24) is 38.9 Å². The summed E-state index contributed by atoms with van der Waals surface area (Å²) in [6.45, 7) is 3.74. The van der Waals surface area contributed by atoms with Gasteiger partial charge in [-0.3, -0.25) is 14.5 Å². The maximum atomic E-state index is 4.76. The SMILES string of the molecule is CCCn1cc(-c2cnc3[nH]n(Cc4ccc5nccn5c4)c3n2)cn1. The molecule has 0 atom stereocenters. The number of pyridine rings is 1. The van der Waals surface area contributed by atoms with Gasteiger partial charge in [0, 0.05) is 36.9 Å². The van der Waals surface area contributed by atoms with Gasteiger partial charge in [0.2, 0.25) is 0 Å². The first-order valence-corrected chi connectivity index (χ1v) is 8.66. The van der Waals surface area contributed by atoms with Crippen LogP contribution in [0, 0.1) is 0 Å². The fourth-order valence-corrected chi connectivity index (χ4v) is 3.12. The van der Waals surface area contributed by atoms with E-state index in [0.717, 1.165) is 46.7 Å². The van der Waals surface area contributed by atoms with E-state index in [1.165, 1.54) is 0 Å². The van der Waals surface area contributed by atoms with E-state index >= 15 is 0 Å². The molecular formula is C18H18N8. The van der Waals surface area contributed by atoms with Crippen molar-refractivity contribution in [3.63, 3.8) is 0 Å². The van der Waals surface area contributed by atoms with Crippen LogP contribution in [-0.2, 0) is 13.1 Å². The van der Waals surface area contributed by atoms with E-state index in [0.29, 0.717) is 6.54 Å². The molecule has 8 heteroatoms. The molecule has 5 rings (SSSR count). The van der Waals surface area contributed by atoms with Crippen molar-refractivity contribution >= 4 is 16.9 Å². The summed E-state index contributed by atoms with van der Waals surface area (Å²) in [5, 5.41) is 7.61. The van der Waals surface area contributed by atoms with Gasteiger partial charge < -0.3 is 4.40 Å². The molecule has 0 aliphatic carbocycles. The predicted molar refractivity (Wildman–Crippen MR) is 97.7 cm³/mol. The molecule has 5 aromatic heterocycles. The molecule has 0 saturated carbocycles. The van der Waals surface area contributed by atoms with Crippen LogP contribution in [0.25, 0.3) is 28.2 Å². The van der Waals surface area contributed by atoms with Crippen LogP contribution in [0.2, 0.25) is 0 Å². The molecule has 0 unspecified atom stereocenters. The van der Waals surface area contributed by atoms with Gasteiger partial charge in [-0.15, -0.1) is 0 Å². The number of nitrogens with zero attached hydrogens (tertiary/aromatic N) is 7. The second-order valence-electron chi connectivity index (χ2n) is 6.35. The Kier molecular flexibility index (Phi) is 3.34. The zero-order valence-corrected chi connectivity index (χ0v) is 14.4. The van der Waals surface area contributed by atoms with Gasteiger partial charge in [-0.1, -0.05) is 13.0 Å². The third-order valence-corrected chi connectivity index (χ3v) is 4.42. The minimum Gasteiger partial charge on any atom is -0.307 e. The zero-order valence-electron chi connectivity index (χ0n) is 14.4. The molecule has 0 fully saturated rings. The number of hydrogen-bond donors (Lipinski definition) is 1. The summed E-state index contributed by atoms with van der Waals surface area (Å²) in [5.41, 5.74) is 5.59. The van der Waals surface area contributed by atoms with E-state index in [1.54, 1.807) is 12.4 Å². The lowest BCUT2D eigenvalue weighted by Gasteiger charge is -2.15. The predicted octanol–water partition coefficient (Wildman–Crippen LogP) is 2.73. The molecule has 1 N–H and O–H groups in total. The molecule has 0 aromatic carbocycles. The monoisotopic (exact) mass is 346 g/mol. The fourth-order valence-electron chi connectivity index (χ4n) is 3.12. The van der Waals surface area contributed by atoms with E-state index in [9.17, 15) is 0 Å². The van der Waals surface area contributed by atoms with E-state index in [2.05, 4.69) is 39.4 Å². The second-order valence-corrected chi connectivity index (χ2v) is 6.35. The highest BCUT2D eigenvalue weighted by molar-refractivity contribution is 5.71. The maximum Gasteiger partial charge on any atom is 0.193 e. The molecule has 0 bridgehead atoms. The molecule has 5 heterocycles. The molecule has 5 aromatic rings. The van der Waals surface area contributed by atoms with E-state index in [4.69, 9.17) is 4.98 Å². The summed E-state index contributed by atoms with van der Waals surface area (Å²) in [6, 6.07) is 4.09. The standard InChI is InChI=1S/C18H18N8/c1-2-6-25-12-14(8-21-25)15-9-20-17-18(22-15)26(23-17)11-13-3-4-16-19-5-7-24(16)10-13/h3-5,7-10,12H,2,6,11H2,1H3,(H,20,23). The number of hydrogen-bond acceptors (Lipinski definition) is 4. The van der Waals surface area contributed by atoms with Gasteiger partial charge in [-0.2, -0.15) is 5.10 Å². The highest BCUT2D eigenvalue weighted by Gasteiger charge is 2.12. The molecule has 0 aliphatic heterocycles. The number of H-pyrrole nitrogens is 1. The number of aryl methyl sites for hydroxylation is 1. The molecule has 0 spiro atoms. The van der Waals surface area contributed by atoms with E-state index in [-0.39, 0.29) is 0 Å². The number of fused-ring (bicyclic) bond motifs is 2. The lowest BCUT2D eigenvalue weighted by molar-refractivity contribution is 0.603. The van der Waals surface area contributed by atoms with E-state index < -0.39 is 0 Å². The summed E-state index contributed by atoms with van der Waals surface area (Å²) < 4.78 is 5.95. The first-order chi connectivity index (χ1) is 12.8. The van der Waals surface area contributed by atoms with Crippen molar-refractivity contribution in [2.75, 3.05) is 0 Å². The van der Waals surface area contributed by atoms with Crippen molar-refractivity contribution in [2.24, 2.45) is 0 Å². The molecule has 26 heavy (non-hydrogen) atoms. The molecule has 0 aliphatic rings. The summed E-state index contributed by atoms with van der Waals surface area (Å²) in [6.07, 6.45) is 12.5. The third-order valence-electron chi connectivity index (χ3n) is 4.42. The van der Waals surface area contributed by atoms with Crippen LogP contribution in [0.5, 0.6) is 0 Å². The number of aromatic nitrogens is 8. The first kappa shape index (κ1) is 14.9. The topological polar surface area (TPSA) is 81.6 Å². The Labute approximate surface area is 149 Å². The third kappa shape index (κ3) is 2.46. The normalized spacial score (nSPS) is 11.7. The molecular weight excluding hydrogens is 328 g/mol. The second kappa shape index (κ2) is 5.83. The van der Waals surface area contributed by atoms with Gasteiger partial charge in [0.05, 0.1) is 24.6 Å². The van der Waals surface area contributed by atoms with Crippen LogP contribution in [0.1, 0.15) is 18.9 Å². The number of rotatable bonds is 5. The van der Waals surface area contributed by atoms with Crippen molar-refractivity contribution in [3.05, 3.63) is 54.9 Å². The minimum absolute atomic E-state index is 0.703. The minimum atomic E-state index is 0.703. The Morgan fingerprint density at radius 1 is 1.12 bits per heavy atom. The van der Waals surface area contributed by atoms with Crippen molar-refractivity contribution in [2.45, 2.75) is 26.4 Å². The zero-order chi connectivity index (χ0) is 17.5. The van der Waals surface area contributed by atoms with Gasteiger partial charge in [-0.05, 0) is 18.1 Å². The summed E-state index contributed by atoms with van der Waals surface area (Å²) in [5.74, 6) is 0. The average Bonchev–Trinajstić information content (AvgIpc) is 3.29. The van der Waals surface area contributed by atoms with Gasteiger partial charge in [0.25, 0.3) is 0 Å². The van der Waals surface area contributed by atoms with Gasteiger partial charge in [0.1, 0.15) is 5.65 Å². The number of imidazole rings is 1. The first-order valence-electron chi connectivity index (χ1n) is 8.66. The van der Waals surface area contributed by atoms with E-state index in [1.807, 2.05) is 38.4 Å².